The van der Waals surface area contributed by atoms with Crippen LogP contribution in [0.4, 0.5) is 4.39 Å². The van der Waals surface area contributed by atoms with Gasteiger partial charge in [-0.1, -0.05) is 36.2 Å². The van der Waals surface area contributed by atoms with Gasteiger partial charge in [0.05, 0.1) is 11.2 Å². The number of aromatic nitrogens is 2. The van der Waals surface area contributed by atoms with Gasteiger partial charge >= 0.3 is 0 Å². The molecule has 0 N–H and O–H groups in total. The third-order valence-electron chi connectivity index (χ3n) is 2.89. The van der Waals surface area contributed by atoms with Crippen LogP contribution in [0.2, 0.25) is 10.0 Å². The van der Waals surface area contributed by atoms with Crippen LogP contribution in [0.1, 0.15) is 29.4 Å². The first-order valence-corrected chi connectivity index (χ1v) is 6.97. The van der Waals surface area contributed by atoms with E-state index in [1.165, 1.54) is 18.3 Å². The minimum atomic E-state index is -0.497. The number of ketones is 1. The number of benzene rings is 1. The zero-order valence-electron chi connectivity index (χ0n) is 10.9. The van der Waals surface area contributed by atoms with Crippen LogP contribution in [0.5, 0.6) is 0 Å². The second-order valence-electron chi connectivity index (χ2n) is 4.36. The Labute approximate surface area is 126 Å². The number of rotatable bonds is 5. The molecule has 1 aromatic heterocycles. The van der Waals surface area contributed by atoms with Crippen molar-refractivity contribution in [1.82, 2.24) is 9.78 Å². The van der Waals surface area contributed by atoms with E-state index >= 15 is 0 Å². The van der Waals surface area contributed by atoms with Crippen molar-refractivity contribution in [2.24, 2.45) is 0 Å². The molecule has 0 aliphatic rings. The Hall–Kier alpha value is -1.39. The third-order valence-corrected chi connectivity index (χ3v) is 3.52. The summed E-state index contributed by atoms with van der Waals surface area (Å²) in [7, 11) is 0. The second kappa shape index (κ2) is 6.37. The lowest BCUT2D eigenvalue weighted by molar-refractivity contribution is 0.0981. The Kier molecular flexibility index (Phi) is 4.78. The monoisotopic (exact) mass is 314 g/mol. The van der Waals surface area contributed by atoms with Crippen LogP contribution in [-0.4, -0.2) is 15.6 Å². The molecule has 3 nitrogen and oxygen atoms in total. The van der Waals surface area contributed by atoms with Crippen LogP contribution in [-0.2, 0) is 13.0 Å². The van der Waals surface area contributed by atoms with Crippen LogP contribution < -0.4 is 0 Å². The molecule has 2 rings (SSSR count). The molecule has 106 valence electrons. The average Bonchev–Trinajstić information content (AvgIpc) is 2.76. The molecule has 0 saturated heterocycles. The quantitative estimate of drug-likeness (QED) is 0.776. The fourth-order valence-electron chi connectivity index (χ4n) is 1.97. The normalized spacial score (nSPS) is 10.8. The minimum Gasteiger partial charge on any atom is -0.292 e. The highest BCUT2D eigenvalue weighted by molar-refractivity contribution is 6.34. The molecule has 0 spiro atoms. The molecule has 0 amide bonds. The highest BCUT2D eigenvalue weighted by atomic mass is 35.5. The molecule has 0 atom stereocenters. The van der Waals surface area contributed by atoms with Crippen molar-refractivity contribution in [3.8, 4) is 0 Å². The van der Waals surface area contributed by atoms with Crippen LogP contribution in [0.3, 0.4) is 0 Å². The van der Waals surface area contributed by atoms with E-state index in [0.29, 0.717) is 12.2 Å². The maximum atomic E-state index is 13.7. The Bertz CT molecular complexity index is 620. The van der Waals surface area contributed by atoms with E-state index in [0.717, 1.165) is 6.42 Å². The number of hydrogen-bond acceptors (Lipinski definition) is 2. The lowest BCUT2D eigenvalue weighted by Crippen LogP contribution is -2.14. The zero-order chi connectivity index (χ0) is 14.7. The summed E-state index contributed by atoms with van der Waals surface area (Å²) >= 11 is 11.9. The minimum absolute atomic E-state index is 0.138. The van der Waals surface area contributed by atoms with Crippen LogP contribution in [0.15, 0.2) is 24.4 Å². The second-order valence-corrected chi connectivity index (χ2v) is 5.18. The fraction of sp³-hybridized carbons (Fsp3) is 0.286. The predicted octanol–water partition coefficient (Wildman–Crippen LogP) is 4.16. The summed E-state index contributed by atoms with van der Waals surface area (Å²) in [5.41, 5.74) is 0.479. The van der Waals surface area contributed by atoms with Gasteiger partial charge in [-0.2, -0.15) is 5.10 Å². The molecule has 0 bridgehead atoms. The molecule has 0 saturated carbocycles. The van der Waals surface area contributed by atoms with E-state index in [9.17, 15) is 9.18 Å². The van der Waals surface area contributed by atoms with Gasteiger partial charge in [0.15, 0.2) is 5.78 Å². The van der Waals surface area contributed by atoms with Gasteiger partial charge in [-0.25, -0.2) is 4.39 Å². The molecule has 0 unspecified atom stereocenters. The van der Waals surface area contributed by atoms with Crippen molar-refractivity contribution in [3.05, 3.63) is 51.5 Å². The van der Waals surface area contributed by atoms with E-state index in [-0.39, 0.29) is 27.8 Å². The third kappa shape index (κ3) is 3.02. The first-order chi connectivity index (χ1) is 9.54. The maximum absolute atomic E-state index is 13.7. The number of carbonyl (C=O) groups excluding carboxylic acids is 1. The Morgan fingerprint density at radius 2 is 2.10 bits per heavy atom. The Morgan fingerprint density at radius 3 is 2.75 bits per heavy atom. The van der Waals surface area contributed by atoms with Gasteiger partial charge in [-0.3, -0.25) is 9.48 Å². The van der Waals surface area contributed by atoms with E-state index in [2.05, 4.69) is 5.10 Å². The Balaban J connectivity index is 2.31. The molecule has 0 aliphatic heterocycles. The van der Waals surface area contributed by atoms with Crippen molar-refractivity contribution >= 4 is 29.0 Å². The van der Waals surface area contributed by atoms with Crippen molar-refractivity contribution in [1.29, 1.82) is 0 Å². The first-order valence-electron chi connectivity index (χ1n) is 6.22. The van der Waals surface area contributed by atoms with Crippen molar-refractivity contribution in [2.75, 3.05) is 0 Å². The Morgan fingerprint density at radius 1 is 1.35 bits per heavy atom. The molecule has 0 fully saturated rings. The van der Waals surface area contributed by atoms with Gasteiger partial charge < -0.3 is 0 Å². The topological polar surface area (TPSA) is 34.9 Å². The molecule has 0 aliphatic carbocycles. The molecule has 20 heavy (non-hydrogen) atoms. The number of aryl methyl sites for hydroxylation is 1. The smallest absolute Gasteiger partial charge is 0.186 e. The summed E-state index contributed by atoms with van der Waals surface area (Å²) < 4.78 is 15.3. The first kappa shape index (κ1) is 15.0. The number of carbonyl (C=O) groups is 1. The predicted molar refractivity (Wildman–Crippen MR) is 77.0 cm³/mol. The van der Waals surface area contributed by atoms with E-state index in [1.807, 2.05) is 6.92 Å². The van der Waals surface area contributed by atoms with Crippen molar-refractivity contribution in [2.45, 2.75) is 26.3 Å². The number of hydrogen-bond donors (Lipinski definition) is 0. The lowest BCUT2D eigenvalue weighted by Gasteiger charge is -2.08. The van der Waals surface area contributed by atoms with E-state index < -0.39 is 5.82 Å². The summed E-state index contributed by atoms with van der Waals surface area (Å²) in [6.07, 6.45) is 2.10. The highest BCUT2D eigenvalue weighted by Crippen LogP contribution is 2.23. The van der Waals surface area contributed by atoms with Crippen LogP contribution in [0.25, 0.3) is 0 Å². The number of Topliss-reactive ketones (excluding diaryl/α,β-unsaturated/α-hetero) is 1. The van der Waals surface area contributed by atoms with Gasteiger partial charge in [-0.05, 0) is 18.6 Å². The van der Waals surface area contributed by atoms with Crippen LogP contribution >= 0.6 is 23.2 Å². The van der Waals surface area contributed by atoms with Crippen molar-refractivity contribution < 1.29 is 9.18 Å². The summed E-state index contributed by atoms with van der Waals surface area (Å²) in [5.74, 6) is -0.795. The summed E-state index contributed by atoms with van der Waals surface area (Å²) in [5, 5.41) is 4.56. The molecule has 2 aromatic rings. The molecule has 0 radical (unpaired) electrons. The highest BCUT2D eigenvalue weighted by Gasteiger charge is 2.20. The van der Waals surface area contributed by atoms with E-state index in [4.69, 9.17) is 23.2 Å². The lowest BCUT2D eigenvalue weighted by atomic mass is 10.1. The maximum Gasteiger partial charge on any atom is 0.186 e. The van der Waals surface area contributed by atoms with E-state index in [1.54, 1.807) is 10.7 Å². The van der Waals surface area contributed by atoms with Gasteiger partial charge in [0.2, 0.25) is 0 Å². The SMILES string of the molecule is CCCn1ncc(Cl)c1C(=O)Cc1c(F)cccc1Cl. The molecule has 1 aromatic carbocycles. The zero-order valence-corrected chi connectivity index (χ0v) is 12.4. The number of halogens is 3. The van der Waals surface area contributed by atoms with Crippen molar-refractivity contribution in [3.63, 3.8) is 0 Å². The van der Waals surface area contributed by atoms with Gasteiger partial charge in [0.1, 0.15) is 11.5 Å². The van der Waals surface area contributed by atoms with Gasteiger partial charge in [-0.15, -0.1) is 0 Å². The molecular weight excluding hydrogens is 302 g/mol. The van der Waals surface area contributed by atoms with Gasteiger partial charge in [0.25, 0.3) is 0 Å². The summed E-state index contributed by atoms with van der Waals surface area (Å²) in [6, 6.07) is 4.33. The number of nitrogens with zero attached hydrogens (tertiary/aromatic N) is 2. The fourth-order valence-corrected chi connectivity index (χ4v) is 2.44. The average molecular weight is 315 g/mol. The molecule has 6 heteroatoms. The standard InChI is InChI=1S/C14H13Cl2FN2O/c1-2-6-19-14(11(16)8-18-19)13(20)7-9-10(15)4-3-5-12(9)17/h3-5,8H,2,6-7H2,1H3. The van der Waals surface area contributed by atoms with Crippen LogP contribution in [0, 0.1) is 5.82 Å². The molecular formula is C14H13Cl2FN2O. The summed E-state index contributed by atoms with van der Waals surface area (Å²) in [6.45, 7) is 2.55. The largest absolute Gasteiger partial charge is 0.292 e. The molecule has 1 heterocycles. The summed E-state index contributed by atoms with van der Waals surface area (Å²) in [4.78, 5) is 12.3. The van der Waals surface area contributed by atoms with Gasteiger partial charge in [0, 0.05) is 23.6 Å².